The molecule has 1 atom stereocenters. The van der Waals surface area contributed by atoms with Crippen molar-refractivity contribution >= 4 is 17.8 Å². The van der Waals surface area contributed by atoms with Crippen LogP contribution >= 0.6 is 0 Å². The predicted octanol–water partition coefficient (Wildman–Crippen LogP) is 0.819. The molecule has 2 aliphatic heterocycles. The minimum Gasteiger partial charge on any atom is -0.463 e. The summed E-state index contributed by atoms with van der Waals surface area (Å²) in [6, 6.07) is 1.61. The number of amides is 1. The summed E-state index contributed by atoms with van der Waals surface area (Å²) in [5.41, 5.74) is -1.51. The quantitative estimate of drug-likeness (QED) is 0.624. The summed E-state index contributed by atoms with van der Waals surface area (Å²) in [5.74, 6) is -2.93. The van der Waals surface area contributed by atoms with E-state index in [1.165, 1.54) is 18.4 Å². The van der Waals surface area contributed by atoms with Crippen molar-refractivity contribution in [3.63, 3.8) is 0 Å². The number of nitrogens with one attached hydrogen (secondary N) is 1. The van der Waals surface area contributed by atoms with Gasteiger partial charge >= 0.3 is 11.9 Å². The van der Waals surface area contributed by atoms with Crippen LogP contribution in [0, 0.1) is 0 Å². The van der Waals surface area contributed by atoms with Crippen molar-refractivity contribution in [3.05, 3.63) is 33.2 Å². The number of aromatic nitrogens is 1. The lowest BCUT2D eigenvalue weighted by molar-refractivity contribution is -0.184. The molecule has 1 aromatic rings. The minimum atomic E-state index is -1.85. The fourth-order valence-electron chi connectivity index (χ4n) is 4.21. The first-order valence-electron chi connectivity index (χ1n) is 10.4. The Morgan fingerprint density at radius 2 is 1.90 bits per heavy atom. The molecule has 0 aromatic carbocycles. The maximum atomic E-state index is 13.5. The first-order chi connectivity index (χ1) is 14.7. The van der Waals surface area contributed by atoms with Crippen molar-refractivity contribution in [3.8, 4) is 0 Å². The molecule has 3 rings (SSSR count). The van der Waals surface area contributed by atoms with Crippen LogP contribution in [0.15, 0.2) is 10.9 Å². The van der Waals surface area contributed by atoms with Crippen LogP contribution in [0.5, 0.6) is 0 Å². The smallest absolute Gasteiger partial charge is 0.355 e. The van der Waals surface area contributed by atoms with Crippen molar-refractivity contribution in [1.29, 1.82) is 0 Å². The molecule has 0 bridgehead atoms. The molecule has 1 N–H and O–H groups in total. The third-order valence-corrected chi connectivity index (χ3v) is 5.58. The van der Waals surface area contributed by atoms with E-state index < -0.39 is 28.9 Å². The number of nitrogens with zero attached hydrogens (tertiary/aromatic N) is 1. The lowest BCUT2D eigenvalue weighted by Gasteiger charge is -2.33. The van der Waals surface area contributed by atoms with Gasteiger partial charge in [0.1, 0.15) is 0 Å². The first-order valence-corrected chi connectivity index (χ1v) is 10.4. The highest BCUT2D eigenvalue weighted by molar-refractivity contribution is 5.85. The minimum absolute atomic E-state index is 0.0239. The zero-order valence-corrected chi connectivity index (χ0v) is 18.2. The van der Waals surface area contributed by atoms with Gasteiger partial charge in [0.25, 0.3) is 5.56 Å². The number of hydrogen-bond donors (Lipinski definition) is 1. The lowest BCUT2D eigenvalue weighted by Crippen LogP contribution is -2.45. The topological polar surface area (TPSA) is 122 Å². The summed E-state index contributed by atoms with van der Waals surface area (Å²) in [7, 11) is 0. The molecule has 31 heavy (non-hydrogen) atoms. The molecule has 10 nitrogen and oxygen atoms in total. The molecular formula is C21H28N2O8. The summed E-state index contributed by atoms with van der Waals surface area (Å²) in [5, 5.41) is 2.61. The largest absolute Gasteiger partial charge is 0.463 e. The van der Waals surface area contributed by atoms with Gasteiger partial charge in [-0.1, -0.05) is 6.92 Å². The van der Waals surface area contributed by atoms with Gasteiger partial charge in [-0.25, -0.2) is 4.79 Å². The summed E-state index contributed by atoms with van der Waals surface area (Å²) in [6.45, 7) is 6.82. The fourth-order valence-corrected chi connectivity index (χ4v) is 4.21. The number of esters is 2. The van der Waals surface area contributed by atoms with Crippen molar-refractivity contribution in [2.75, 3.05) is 19.8 Å². The van der Waals surface area contributed by atoms with Gasteiger partial charge in [0, 0.05) is 44.5 Å². The van der Waals surface area contributed by atoms with Gasteiger partial charge in [-0.2, -0.15) is 0 Å². The lowest BCUT2D eigenvalue weighted by atomic mass is 9.86. The molecule has 2 aliphatic rings. The van der Waals surface area contributed by atoms with Crippen LogP contribution in [0.2, 0.25) is 0 Å². The van der Waals surface area contributed by atoms with Gasteiger partial charge < -0.3 is 28.8 Å². The monoisotopic (exact) mass is 436 g/mol. The van der Waals surface area contributed by atoms with Crippen molar-refractivity contribution in [2.24, 2.45) is 0 Å². The van der Waals surface area contributed by atoms with Gasteiger partial charge in [-0.15, -0.1) is 0 Å². The average Bonchev–Trinajstić information content (AvgIpc) is 3.33. The third-order valence-electron chi connectivity index (χ3n) is 5.58. The van der Waals surface area contributed by atoms with Crippen LogP contribution < -0.4 is 10.9 Å². The molecule has 1 fully saturated rings. The molecule has 10 heteroatoms. The van der Waals surface area contributed by atoms with E-state index in [9.17, 15) is 19.2 Å². The fraction of sp³-hybridized carbons (Fsp3) is 0.619. The first kappa shape index (κ1) is 23.0. The number of fused-ring (bicyclic) bond motifs is 2. The highest BCUT2D eigenvalue weighted by Gasteiger charge is 2.51. The Hall–Kier alpha value is -2.72. The van der Waals surface area contributed by atoms with E-state index in [-0.39, 0.29) is 36.6 Å². The number of carbonyl (C=O) groups is 3. The molecule has 1 aromatic heterocycles. The zero-order chi connectivity index (χ0) is 22.8. The van der Waals surface area contributed by atoms with Crippen LogP contribution in [-0.2, 0) is 57.8 Å². The highest BCUT2D eigenvalue weighted by atomic mass is 16.7. The number of pyridine rings is 1. The van der Waals surface area contributed by atoms with Crippen molar-refractivity contribution in [2.45, 2.75) is 65.0 Å². The summed E-state index contributed by atoms with van der Waals surface area (Å²) in [4.78, 5) is 50.1. The number of ether oxygens (including phenoxy) is 4. The van der Waals surface area contributed by atoms with Crippen LogP contribution in [0.1, 0.15) is 57.4 Å². The number of hydrogen-bond acceptors (Lipinski definition) is 8. The molecule has 0 unspecified atom stereocenters. The highest BCUT2D eigenvalue weighted by Crippen LogP contribution is 2.42. The molecule has 1 amide bonds. The zero-order valence-electron chi connectivity index (χ0n) is 18.2. The number of carbonyl (C=O) groups excluding carboxylic acids is 3. The van der Waals surface area contributed by atoms with Crippen molar-refractivity contribution in [1.82, 2.24) is 9.88 Å². The molecule has 170 valence electrons. The Kier molecular flexibility index (Phi) is 6.51. The molecule has 0 aliphatic carbocycles. The predicted molar refractivity (Wildman–Crippen MR) is 107 cm³/mol. The summed E-state index contributed by atoms with van der Waals surface area (Å²) >= 11 is 0. The molecule has 0 saturated carbocycles. The van der Waals surface area contributed by atoms with Gasteiger partial charge in [-0.3, -0.25) is 14.4 Å². The molecule has 1 saturated heterocycles. The van der Waals surface area contributed by atoms with Gasteiger partial charge in [-0.05, 0) is 19.4 Å². The van der Waals surface area contributed by atoms with E-state index in [0.29, 0.717) is 31.9 Å². The SMILES string of the molecule is CCOC(=O)[C@@](CC)(OC(C)=O)c1cc2n(c(=O)c1CNC(C)=O)CCC21OCCO1. The maximum absolute atomic E-state index is 13.5. The van der Waals surface area contributed by atoms with Gasteiger partial charge in [0.05, 0.1) is 25.5 Å². The second-order valence-corrected chi connectivity index (χ2v) is 7.48. The van der Waals surface area contributed by atoms with E-state index in [1.54, 1.807) is 19.9 Å². The normalized spacial score (nSPS) is 18.3. The molecular weight excluding hydrogens is 408 g/mol. The molecule has 0 radical (unpaired) electrons. The standard InChI is InChI=1S/C21H28N2O8/c1-5-20(31-14(4)25,19(27)28-6-2)16-11-17-21(29-9-10-30-21)7-8-23(17)18(26)15(16)12-22-13(3)24/h11H,5-10,12H2,1-4H3,(H,22,24)/t20-/m0/s1. The van der Waals surface area contributed by atoms with E-state index in [0.717, 1.165) is 0 Å². The number of rotatable bonds is 7. The van der Waals surface area contributed by atoms with E-state index in [4.69, 9.17) is 18.9 Å². The Morgan fingerprint density at radius 1 is 1.23 bits per heavy atom. The van der Waals surface area contributed by atoms with E-state index >= 15 is 0 Å². The van der Waals surface area contributed by atoms with Gasteiger partial charge in [0.15, 0.2) is 0 Å². The van der Waals surface area contributed by atoms with E-state index in [2.05, 4.69) is 5.32 Å². The van der Waals surface area contributed by atoms with Gasteiger partial charge in [0.2, 0.25) is 17.3 Å². The van der Waals surface area contributed by atoms with E-state index in [1.807, 2.05) is 0 Å². The van der Waals surface area contributed by atoms with Crippen LogP contribution in [0.4, 0.5) is 0 Å². The third kappa shape index (κ3) is 3.97. The summed E-state index contributed by atoms with van der Waals surface area (Å²) in [6.07, 6.45) is 0.452. The Morgan fingerprint density at radius 3 is 2.45 bits per heavy atom. The second kappa shape index (κ2) is 8.80. The Balaban J connectivity index is 2.29. The van der Waals surface area contributed by atoms with Crippen LogP contribution in [-0.4, -0.2) is 42.2 Å². The van der Waals surface area contributed by atoms with Crippen LogP contribution in [0.25, 0.3) is 0 Å². The summed E-state index contributed by atoms with van der Waals surface area (Å²) < 4.78 is 24.0. The molecule has 1 spiro atoms. The van der Waals surface area contributed by atoms with Crippen LogP contribution in [0.3, 0.4) is 0 Å². The average molecular weight is 436 g/mol. The van der Waals surface area contributed by atoms with Crippen molar-refractivity contribution < 1.29 is 33.3 Å². The Bertz CT molecular complexity index is 947. The maximum Gasteiger partial charge on any atom is 0.355 e. The second-order valence-electron chi connectivity index (χ2n) is 7.48. The molecule has 3 heterocycles. The Labute approximate surface area is 179 Å².